The summed E-state index contributed by atoms with van der Waals surface area (Å²) in [5, 5.41) is 2.44. The van der Waals surface area contributed by atoms with Crippen LogP contribution >= 0.6 is 0 Å². The molecule has 0 atom stereocenters. The summed E-state index contributed by atoms with van der Waals surface area (Å²) in [6.45, 7) is 6.55. The molecule has 79 heavy (non-hydrogen) atoms. The first-order chi connectivity index (χ1) is 38.9. The van der Waals surface area contributed by atoms with Crippen molar-refractivity contribution in [1.29, 1.82) is 0 Å². The van der Waals surface area contributed by atoms with Crippen LogP contribution in [0.4, 0.5) is 51.2 Å². The highest BCUT2D eigenvalue weighted by atomic mass is 15.2. The minimum absolute atomic E-state index is 1.06. The quantitative estimate of drug-likeness (QED) is 0.114. The van der Waals surface area contributed by atoms with Crippen molar-refractivity contribution in [2.75, 3.05) is 14.7 Å². The molecule has 0 unspecified atom stereocenters. The molecule has 4 nitrogen and oxygen atoms in total. The van der Waals surface area contributed by atoms with E-state index in [0.29, 0.717) is 0 Å². The van der Waals surface area contributed by atoms with E-state index >= 15 is 0 Å². The number of anilines is 9. The fourth-order valence-electron chi connectivity index (χ4n) is 11.4. The molecule has 12 aromatic carbocycles. The molecule has 0 radical (unpaired) electrons. The Morgan fingerprint density at radius 1 is 0.253 bits per heavy atom. The Hall–Kier alpha value is -10.2. The number of aromatic nitrogens is 1. The van der Waals surface area contributed by atoms with Crippen LogP contribution < -0.4 is 14.7 Å². The van der Waals surface area contributed by atoms with Gasteiger partial charge in [-0.05, 0) is 193 Å². The second kappa shape index (κ2) is 21.1. The monoisotopic (exact) mass is 1010 g/mol. The van der Waals surface area contributed by atoms with E-state index in [2.05, 4.69) is 337 Å². The Bertz CT molecular complexity index is 4160. The Kier molecular flexibility index (Phi) is 13.0. The van der Waals surface area contributed by atoms with E-state index in [4.69, 9.17) is 0 Å². The topological polar surface area (TPSA) is 14.7 Å². The molecule has 378 valence electrons. The number of aryl methyl sites for hydroxylation is 3. The van der Waals surface area contributed by atoms with Crippen LogP contribution in [0.1, 0.15) is 16.7 Å². The molecule has 1 heterocycles. The van der Waals surface area contributed by atoms with E-state index in [-0.39, 0.29) is 0 Å². The molecule has 0 saturated carbocycles. The Morgan fingerprint density at radius 3 is 1.20 bits per heavy atom. The normalized spacial score (nSPS) is 11.2. The summed E-state index contributed by atoms with van der Waals surface area (Å²) >= 11 is 0. The van der Waals surface area contributed by atoms with E-state index in [1.165, 1.54) is 55.2 Å². The van der Waals surface area contributed by atoms with Gasteiger partial charge < -0.3 is 19.3 Å². The van der Waals surface area contributed by atoms with Crippen LogP contribution in [-0.2, 0) is 0 Å². The largest absolute Gasteiger partial charge is 0.310 e. The van der Waals surface area contributed by atoms with Crippen LogP contribution in [0.2, 0.25) is 0 Å². The second-order valence-electron chi connectivity index (χ2n) is 20.4. The van der Waals surface area contributed by atoms with E-state index in [1.807, 2.05) is 0 Å². The molecule has 0 saturated heterocycles. The molecular formula is C75H58N4. The van der Waals surface area contributed by atoms with Gasteiger partial charge in [-0.15, -0.1) is 0 Å². The van der Waals surface area contributed by atoms with E-state index in [9.17, 15) is 0 Å². The minimum atomic E-state index is 1.06. The molecule has 0 amide bonds. The van der Waals surface area contributed by atoms with Crippen LogP contribution in [0.5, 0.6) is 0 Å². The van der Waals surface area contributed by atoms with Crippen molar-refractivity contribution in [1.82, 2.24) is 4.57 Å². The Balaban J connectivity index is 0.962. The molecule has 0 spiro atoms. The maximum absolute atomic E-state index is 2.42. The van der Waals surface area contributed by atoms with Crippen LogP contribution in [0.25, 0.3) is 60.9 Å². The zero-order valence-electron chi connectivity index (χ0n) is 44.6. The van der Waals surface area contributed by atoms with Crippen LogP contribution in [0.15, 0.2) is 297 Å². The molecule has 4 heteroatoms. The molecule has 0 N–H and O–H groups in total. The SMILES string of the molecule is Cc1ccc(N(c2ccc(C)cc2)c2ccc(-c3cccc(-c4ccc(N(c5ccccc5)c5cccc(N(c6ccccc6)c6ccccc6)c5)cc4)c3-c3ccc4c(c3)c3ccccc3n4-c3ccccc3)c(C)c2)cc1. The van der Waals surface area contributed by atoms with Gasteiger partial charge in [0.15, 0.2) is 0 Å². The predicted molar refractivity (Wildman–Crippen MR) is 335 cm³/mol. The molecule has 0 aliphatic carbocycles. The zero-order chi connectivity index (χ0) is 53.2. The molecule has 13 aromatic rings. The lowest BCUT2D eigenvalue weighted by molar-refractivity contribution is 1.18. The van der Waals surface area contributed by atoms with Gasteiger partial charge >= 0.3 is 0 Å². The third-order valence-corrected chi connectivity index (χ3v) is 15.2. The summed E-state index contributed by atoms with van der Waals surface area (Å²) in [7, 11) is 0. The van der Waals surface area contributed by atoms with Gasteiger partial charge in [-0.1, -0.05) is 175 Å². The van der Waals surface area contributed by atoms with Gasteiger partial charge in [0.2, 0.25) is 0 Å². The summed E-state index contributed by atoms with van der Waals surface area (Å²) in [6, 6.07) is 108. The average Bonchev–Trinajstić information content (AvgIpc) is 4.10. The lowest BCUT2D eigenvalue weighted by atomic mass is 9.85. The van der Waals surface area contributed by atoms with Crippen molar-refractivity contribution in [3.63, 3.8) is 0 Å². The van der Waals surface area contributed by atoms with Gasteiger partial charge in [0.05, 0.1) is 11.0 Å². The number of hydrogen-bond donors (Lipinski definition) is 0. The second-order valence-corrected chi connectivity index (χ2v) is 20.4. The first-order valence-electron chi connectivity index (χ1n) is 27.2. The van der Waals surface area contributed by atoms with Crippen molar-refractivity contribution < 1.29 is 0 Å². The summed E-state index contributed by atoms with van der Waals surface area (Å²) in [5.41, 5.74) is 24.0. The van der Waals surface area contributed by atoms with Crippen molar-refractivity contribution in [3.8, 4) is 39.1 Å². The fourth-order valence-corrected chi connectivity index (χ4v) is 11.4. The van der Waals surface area contributed by atoms with Crippen molar-refractivity contribution >= 4 is 73.0 Å². The first kappa shape index (κ1) is 48.5. The fraction of sp³-hybridized carbons (Fsp3) is 0.0400. The van der Waals surface area contributed by atoms with Gasteiger partial charge in [0, 0.05) is 67.6 Å². The molecule has 0 fully saturated rings. The predicted octanol–water partition coefficient (Wildman–Crippen LogP) is 21.1. The average molecular weight is 1020 g/mol. The zero-order valence-corrected chi connectivity index (χ0v) is 44.6. The first-order valence-corrected chi connectivity index (χ1v) is 27.2. The number of hydrogen-bond acceptors (Lipinski definition) is 3. The van der Waals surface area contributed by atoms with Gasteiger partial charge in [0.1, 0.15) is 0 Å². The van der Waals surface area contributed by atoms with Crippen molar-refractivity contribution in [2.45, 2.75) is 20.8 Å². The maximum atomic E-state index is 2.42. The summed E-state index contributed by atoms with van der Waals surface area (Å²) in [5.74, 6) is 0. The van der Waals surface area contributed by atoms with Crippen LogP contribution in [-0.4, -0.2) is 4.57 Å². The summed E-state index contributed by atoms with van der Waals surface area (Å²) in [6.07, 6.45) is 0. The highest BCUT2D eigenvalue weighted by Gasteiger charge is 2.22. The molecular weight excluding hydrogens is 957 g/mol. The van der Waals surface area contributed by atoms with E-state index in [0.717, 1.165) is 73.6 Å². The molecule has 13 rings (SSSR count). The van der Waals surface area contributed by atoms with E-state index < -0.39 is 0 Å². The highest BCUT2D eigenvalue weighted by Crippen LogP contribution is 2.47. The van der Waals surface area contributed by atoms with Gasteiger partial charge in [-0.25, -0.2) is 0 Å². The third kappa shape index (κ3) is 9.40. The number of nitrogens with zero attached hydrogens (tertiary/aromatic N) is 4. The molecule has 0 bridgehead atoms. The van der Waals surface area contributed by atoms with Gasteiger partial charge in [-0.2, -0.15) is 0 Å². The summed E-state index contributed by atoms with van der Waals surface area (Å²) in [4.78, 5) is 7.04. The van der Waals surface area contributed by atoms with Crippen molar-refractivity contribution in [2.24, 2.45) is 0 Å². The van der Waals surface area contributed by atoms with Gasteiger partial charge in [0.25, 0.3) is 0 Å². The maximum Gasteiger partial charge on any atom is 0.0541 e. The summed E-state index contributed by atoms with van der Waals surface area (Å²) < 4.78 is 2.39. The molecule has 1 aromatic heterocycles. The number of para-hydroxylation sites is 5. The smallest absolute Gasteiger partial charge is 0.0541 e. The third-order valence-electron chi connectivity index (χ3n) is 15.2. The lowest BCUT2D eigenvalue weighted by Gasteiger charge is -2.29. The molecule has 0 aliphatic rings. The molecule has 0 aliphatic heterocycles. The lowest BCUT2D eigenvalue weighted by Crippen LogP contribution is -2.13. The minimum Gasteiger partial charge on any atom is -0.310 e. The number of fused-ring (bicyclic) bond motifs is 3. The highest BCUT2D eigenvalue weighted by molar-refractivity contribution is 6.11. The van der Waals surface area contributed by atoms with Gasteiger partial charge in [-0.3, -0.25) is 0 Å². The Morgan fingerprint density at radius 2 is 0.658 bits per heavy atom. The number of benzene rings is 12. The van der Waals surface area contributed by atoms with E-state index in [1.54, 1.807) is 0 Å². The van der Waals surface area contributed by atoms with Crippen LogP contribution in [0, 0.1) is 20.8 Å². The standard InChI is InChI=1S/C75H58N4/c1-53-34-41-62(42-35-53)78(63-43-36-54(2)37-44-63)67-47-48-68(55(3)50-67)71-32-19-31-69(75(71)57-40-49-74-72(51-57)70-30-16-17-33-73(70)79(74)61-26-14-7-15-27-61)56-38-45-64(46-39-56)77(60-24-12-6-13-25-60)66-29-18-28-65(52-66)76(58-20-8-4-9-21-58)59-22-10-5-11-23-59/h4-52H,1-3H3. The number of rotatable bonds is 13. The van der Waals surface area contributed by atoms with Crippen molar-refractivity contribution in [3.05, 3.63) is 314 Å². The Labute approximate surface area is 463 Å². The van der Waals surface area contributed by atoms with Crippen LogP contribution in [0.3, 0.4) is 0 Å².